The molecule has 0 aromatic heterocycles. The fourth-order valence-corrected chi connectivity index (χ4v) is 2.46. The van der Waals surface area contributed by atoms with Crippen molar-refractivity contribution >= 4 is 27.9 Å². The zero-order valence-electron chi connectivity index (χ0n) is 11.4. The van der Waals surface area contributed by atoms with Gasteiger partial charge in [0.25, 0.3) is 0 Å². The first-order valence-corrected chi connectivity index (χ1v) is 7.19. The van der Waals surface area contributed by atoms with E-state index >= 15 is 0 Å². The summed E-state index contributed by atoms with van der Waals surface area (Å²) in [5.74, 6) is -4.06. The van der Waals surface area contributed by atoms with Gasteiger partial charge in [0.2, 0.25) is 0 Å². The van der Waals surface area contributed by atoms with Crippen molar-refractivity contribution in [3.8, 4) is 5.75 Å². The maximum absolute atomic E-state index is 11.1. The molecule has 0 aliphatic rings. The van der Waals surface area contributed by atoms with Gasteiger partial charge < -0.3 is 14.9 Å². The molecular weight excluding hydrogens is 352 g/mol. The molecule has 2 aromatic rings. The number of carboxylic acids is 2. The molecular formula is C16H13BrO5. The lowest BCUT2D eigenvalue weighted by atomic mass is 9.99. The minimum atomic E-state index is -1.63. The number of carbonyl (C=O) groups is 2. The number of aliphatic carboxylic acids is 2. The number of hydrogen-bond acceptors (Lipinski definition) is 3. The second-order valence-electron chi connectivity index (χ2n) is 4.60. The smallest absolute Gasteiger partial charge is 0.322 e. The van der Waals surface area contributed by atoms with E-state index < -0.39 is 17.9 Å². The molecule has 0 saturated carbocycles. The molecule has 0 spiro atoms. The molecule has 114 valence electrons. The van der Waals surface area contributed by atoms with Gasteiger partial charge in [0.05, 0.1) is 0 Å². The van der Waals surface area contributed by atoms with Crippen molar-refractivity contribution in [3.05, 3.63) is 64.1 Å². The molecule has 0 radical (unpaired) electrons. The van der Waals surface area contributed by atoms with Crippen molar-refractivity contribution in [1.82, 2.24) is 0 Å². The quantitative estimate of drug-likeness (QED) is 0.768. The van der Waals surface area contributed by atoms with E-state index in [0.717, 1.165) is 5.56 Å². The maximum atomic E-state index is 11.1. The third-order valence-corrected chi connectivity index (χ3v) is 3.43. The number of hydrogen-bond donors (Lipinski definition) is 2. The summed E-state index contributed by atoms with van der Waals surface area (Å²) in [6.07, 6.45) is 0. The highest BCUT2D eigenvalue weighted by Gasteiger charge is 2.28. The molecule has 0 atom stereocenters. The standard InChI is InChI=1S/C16H13BrO5/c17-12-6-11(14(15(18)19)16(20)21)7-13(8-12)22-9-10-4-2-1-3-5-10/h1-8,14H,9H2,(H,18,19)(H,20,21). The zero-order chi connectivity index (χ0) is 16.1. The Morgan fingerprint density at radius 3 is 2.27 bits per heavy atom. The molecule has 5 nitrogen and oxygen atoms in total. The number of ether oxygens (including phenoxy) is 1. The van der Waals surface area contributed by atoms with Crippen LogP contribution >= 0.6 is 15.9 Å². The first-order valence-electron chi connectivity index (χ1n) is 6.40. The van der Waals surface area contributed by atoms with Crippen molar-refractivity contribution < 1.29 is 24.5 Å². The van der Waals surface area contributed by atoms with Gasteiger partial charge in [-0.3, -0.25) is 9.59 Å². The Labute approximate surface area is 135 Å². The SMILES string of the molecule is O=C(O)C(C(=O)O)c1cc(Br)cc(OCc2ccccc2)c1. The largest absolute Gasteiger partial charge is 0.489 e. The van der Waals surface area contributed by atoms with Crippen LogP contribution in [-0.4, -0.2) is 22.2 Å². The third-order valence-electron chi connectivity index (χ3n) is 2.97. The normalized spacial score (nSPS) is 10.5. The lowest BCUT2D eigenvalue weighted by Crippen LogP contribution is -2.21. The topological polar surface area (TPSA) is 83.8 Å². The summed E-state index contributed by atoms with van der Waals surface area (Å²) in [5.41, 5.74) is 1.11. The highest BCUT2D eigenvalue weighted by molar-refractivity contribution is 9.10. The van der Waals surface area contributed by atoms with E-state index in [9.17, 15) is 9.59 Å². The average molecular weight is 365 g/mol. The Hall–Kier alpha value is -2.34. The number of benzene rings is 2. The Bertz CT molecular complexity index is 670. The van der Waals surface area contributed by atoms with E-state index in [0.29, 0.717) is 16.8 Å². The first-order chi connectivity index (χ1) is 10.5. The minimum absolute atomic E-state index is 0.150. The molecule has 0 heterocycles. The van der Waals surface area contributed by atoms with Crippen molar-refractivity contribution in [2.75, 3.05) is 0 Å². The van der Waals surface area contributed by atoms with Crippen LogP contribution in [0.1, 0.15) is 17.0 Å². The molecule has 2 rings (SSSR count). The van der Waals surface area contributed by atoms with Crippen LogP contribution in [0.15, 0.2) is 53.0 Å². The van der Waals surface area contributed by atoms with Gasteiger partial charge in [0, 0.05) is 4.47 Å². The molecule has 2 aromatic carbocycles. The average Bonchev–Trinajstić information content (AvgIpc) is 2.45. The van der Waals surface area contributed by atoms with Crippen LogP contribution in [-0.2, 0) is 16.2 Å². The van der Waals surface area contributed by atoms with Crippen LogP contribution in [0.5, 0.6) is 5.75 Å². The van der Waals surface area contributed by atoms with E-state index in [1.165, 1.54) is 12.1 Å². The van der Waals surface area contributed by atoms with Gasteiger partial charge in [-0.1, -0.05) is 46.3 Å². The van der Waals surface area contributed by atoms with Gasteiger partial charge in [0.1, 0.15) is 12.4 Å². The van der Waals surface area contributed by atoms with E-state index in [1.54, 1.807) is 6.07 Å². The number of carboxylic acid groups (broad SMARTS) is 2. The fraction of sp³-hybridized carbons (Fsp3) is 0.125. The Morgan fingerprint density at radius 1 is 1.05 bits per heavy atom. The molecule has 2 N–H and O–H groups in total. The first kappa shape index (κ1) is 16.0. The molecule has 22 heavy (non-hydrogen) atoms. The van der Waals surface area contributed by atoms with Gasteiger partial charge in [-0.25, -0.2) is 0 Å². The summed E-state index contributed by atoms with van der Waals surface area (Å²) >= 11 is 3.24. The summed E-state index contributed by atoms with van der Waals surface area (Å²) in [5, 5.41) is 18.1. The highest BCUT2D eigenvalue weighted by Crippen LogP contribution is 2.27. The third kappa shape index (κ3) is 4.08. The predicted octanol–water partition coefficient (Wildman–Crippen LogP) is 3.28. The summed E-state index contributed by atoms with van der Waals surface area (Å²) in [6, 6.07) is 14.0. The molecule has 0 saturated heterocycles. The maximum Gasteiger partial charge on any atom is 0.322 e. The monoisotopic (exact) mass is 364 g/mol. The van der Waals surface area contributed by atoms with Gasteiger partial charge >= 0.3 is 11.9 Å². The predicted molar refractivity (Wildman–Crippen MR) is 82.9 cm³/mol. The summed E-state index contributed by atoms with van der Waals surface area (Å²) < 4.78 is 6.16. The van der Waals surface area contributed by atoms with Crippen LogP contribution in [0.2, 0.25) is 0 Å². The Morgan fingerprint density at radius 2 is 1.68 bits per heavy atom. The van der Waals surface area contributed by atoms with Gasteiger partial charge in [0.15, 0.2) is 5.92 Å². The number of halogens is 1. The van der Waals surface area contributed by atoms with E-state index in [4.69, 9.17) is 14.9 Å². The van der Waals surface area contributed by atoms with E-state index in [1.807, 2.05) is 30.3 Å². The summed E-state index contributed by atoms with van der Waals surface area (Å²) in [7, 11) is 0. The lowest BCUT2D eigenvalue weighted by molar-refractivity contribution is -0.150. The second kappa shape index (κ2) is 7.09. The fourth-order valence-electron chi connectivity index (χ4n) is 1.97. The van der Waals surface area contributed by atoms with E-state index in [2.05, 4.69) is 15.9 Å². The lowest BCUT2D eigenvalue weighted by Gasteiger charge is -2.12. The van der Waals surface area contributed by atoms with Crippen molar-refractivity contribution in [2.45, 2.75) is 12.5 Å². The molecule has 0 aliphatic heterocycles. The Kier molecular flexibility index (Phi) is 5.16. The van der Waals surface area contributed by atoms with Crippen LogP contribution in [0.3, 0.4) is 0 Å². The van der Waals surface area contributed by atoms with Crippen LogP contribution in [0, 0.1) is 0 Å². The molecule has 0 bridgehead atoms. The molecule has 0 amide bonds. The van der Waals surface area contributed by atoms with Gasteiger partial charge in [-0.15, -0.1) is 0 Å². The molecule has 0 fully saturated rings. The van der Waals surface area contributed by atoms with Crippen molar-refractivity contribution in [2.24, 2.45) is 0 Å². The molecule has 6 heteroatoms. The molecule has 0 aliphatic carbocycles. The summed E-state index contributed by atoms with van der Waals surface area (Å²) in [6.45, 7) is 0.307. The second-order valence-corrected chi connectivity index (χ2v) is 5.52. The van der Waals surface area contributed by atoms with Crippen LogP contribution in [0.25, 0.3) is 0 Å². The summed E-state index contributed by atoms with van der Waals surface area (Å²) in [4.78, 5) is 22.2. The number of rotatable bonds is 6. The Balaban J connectivity index is 2.23. The van der Waals surface area contributed by atoms with Gasteiger partial charge in [-0.2, -0.15) is 0 Å². The van der Waals surface area contributed by atoms with Gasteiger partial charge in [-0.05, 0) is 29.3 Å². The minimum Gasteiger partial charge on any atom is -0.489 e. The van der Waals surface area contributed by atoms with Crippen molar-refractivity contribution in [3.63, 3.8) is 0 Å². The molecule has 0 unspecified atom stereocenters. The highest BCUT2D eigenvalue weighted by atomic mass is 79.9. The zero-order valence-corrected chi connectivity index (χ0v) is 13.0. The van der Waals surface area contributed by atoms with Crippen molar-refractivity contribution in [1.29, 1.82) is 0 Å². The van der Waals surface area contributed by atoms with Crippen LogP contribution in [0.4, 0.5) is 0 Å². The van der Waals surface area contributed by atoms with Crippen LogP contribution < -0.4 is 4.74 Å². The van der Waals surface area contributed by atoms with E-state index in [-0.39, 0.29) is 5.56 Å².